The zero-order valence-corrected chi connectivity index (χ0v) is 12.5. The van der Waals surface area contributed by atoms with Crippen LogP contribution in [0.5, 0.6) is 0 Å². The second-order valence-electron chi connectivity index (χ2n) is 5.83. The lowest BCUT2D eigenvalue weighted by Crippen LogP contribution is -1.85. The number of aromatic amines is 1. The fourth-order valence-electron chi connectivity index (χ4n) is 3.42. The van der Waals surface area contributed by atoms with Crippen LogP contribution in [0.1, 0.15) is 0 Å². The summed E-state index contributed by atoms with van der Waals surface area (Å²) in [7, 11) is 0. The Labute approximate surface area is 133 Å². The number of nitrogens with one attached hydrogen (secondary N) is 1. The van der Waals surface area contributed by atoms with Gasteiger partial charge in [0, 0.05) is 0 Å². The Hall–Kier alpha value is -3.13. The molecule has 0 aliphatic rings. The Morgan fingerprint density at radius 2 is 1.39 bits per heavy atom. The van der Waals surface area contributed by atoms with Crippen LogP contribution in [-0.2, 0) is 0 Å². The fourth-order valence-corrected chi connectivity index (χ4v) is 3.42. The smallest absolute Gasteiger partial charge is 0.0931 e. The maximum atomic E-state index is 4.32. The summed E-state index contributed by atoms with van der Waals surface area (Å²) in [6, 6.07) is 25.9. The lowest BCUT2D eigenvalue weighted by Gasteiger charge is -2.12. The van der Waals surface area contributed by atoms with Gasteiger partial charge in [-0.25, -0.2) is 4.98 Å². The molecule has 2 nitrogen and oxygen atoms in total. The van der Waals surface area contributed by atoms with Crippen molar-refractivity contribution < 1.29 is 0 Å². The van der Waals surface area contributed by atoms with E-state index < -0.39 is 0 Å². The molecule has 1 heterocycles. The predicted octanol–water partition coefficient (Wildman–Crippen LogP) is 5.54. The Morgan fingerprint density at radius 3 is 2.13 bits per heavy atom. The molecule has 108 valence electrons. The second-order valence-corrected chi connectivity index (χ2v) is 5.83. The maximum absolute atomic E-state index is 4.32. The number of imidazole rings is 1. The molecule has 1 N–H and O–H groups in total. The van der Waals surface area contributed by atoms with Crippen LogP contribution in [0.25, 0.3) is 43.7 Å². The molecule has 0 aliphatic heterocycles. The summed E-state index contributed by atoms with van der Waals surface area (Å²) < 4.78 is 0. The van der Waals surface area contributed by atoms with E-state index >= 15 is 0 Å². The number of hydrogen-bond acceptors (Lipinski definition) is 1. The normalized spacial score (nSPS) is 11.5. The highest BCUT2D eigenvalue weighted by Gasteiger charge is 2.10. The fraction of sp³-hybridized carbons (Fsp3) is 0. The molecule has 0 spiro atoms. The molecule has 0 fully saturated rings. The van der Waals surface area contributed by atoms with Crippen molar-refractivity contribution in [3.8, 4) is 11.1 Å². The number of benzene rings is 4. The Kier molecular flexibility index (Phi) is 2.53. The molecule has 2 heteroatoms. The van der Waals surface area contributed by atoms with Crippen LogP contribution >= 0.6 is 0 Å². The Bertz CT molecular complexity index is 1110. The van der Waals surface area contributed by atoms with Crippen LogP contribution < -0.4 is 0 Å². The van der Waals surface area contributed by atoms with Crippen molar-refractivity contribution in [1.29, 1.82) is 0 Å². The van der Waals surface area contributed by atoms with Gasteiger partial charge in [0.1, 0.15) is 0 Å². The first-order valence-corrected chi connectivity index (χ1v) is 7.74. The molecule has 5 aromatic rings. The molecule has 0 saturated heterocycles. The minimum absolute atomic E-state index is 0.998. The van der Waals surface area contributed by atoms with Gasteiger partial charge in [0.25, 0.3) is 0 Å². The van der Waals surface area contributed by atoms with Gasteiger partial charge in [-0.15, -0.1) is 0 Å². The van der Waals surface area contributed by atoms with Crippen LogP contribution in [0.3, 0.4) is 0 Å². The van der Waals surface area contributed by atoms with Gasteiger partial charge in [-0.05, 0) is 50.9 Å². The van der Waals surface area contributed by atoms with E-state index in [-0.39, 0.29) is 0 Å². The highest BCUT2D eigenvalue weighted by Crippen LogP contribution is 2.36. The average molecular weight is 294 g/mol. The third-order valence-corrected chi connectivity index (χ3v) is 4.48. The largest absolute Gasteiger partial charge is 0.345 e. The van der Waals surface area contributed by atoms with Gasteiger partial charge in [-0.1, -0.05) is 54.6 Å². The summed E-state index contributed by atoms with van der Waals surface area (Å²) in [6.07, 6.45) is 1.75. The summed E-state index contributed by atoms with van der Waals surface area (Å²) >= 11 is 0. The Morgan fingerprint density at radius 1 is 0.696 bits per heavy atom. The number of fused-ring (bicyclic) bond motifs is 3. The van der Waals surface area contributed by atoms with Gasteiger partial charge in [-0.2, -0.15) is 0 Å². The van der Waals surface area contributed by atoms with Crippen molar-refractivity contribution >= 4 is 32.6 Å². The zero-order valence-electron chi connectivity index (χ0n) is 12.5. The quantitative estimate of drug-likeness (QED) is 0.404. The van der Waals surface area contributed by atoms with E-state index in [9.17, 15) is 0 Å². The molecule has 0 amide bonds. The van der Waals surface area contributed by atoms with Gasteiger partial charge in [0.15, 0.2) is 0 Å². The van der Waals surface area contributed by atoms with Crippen molar-refractivity contribution in [3.05, 3.63) is 79.1 Å². The zero-order chi connectivity index (χ0) is 15.2. The molecule has 4 aromatic carbocycles. The molecular formula is C21H14N2. The highest BCUT2D eigenvalue weighted by molar-refractivity contribution is 6.13. The van der Waals surface area contributed by atoms with Crippen LogP contribution in [0.2, 0.25) is 0 Å². The molecule has 0 bridgehead atoms. The molecule has 0 aliphatic carbocycles. The van der Waals surface area contributed by atoms with Crippen LogP contribution in [0.15, 0.2) is 79.1 Å². The van der Waals surface area contributed by atoms with Gasteiger partial charge >= 0.3 is 0 Å². The monoisotopic (exact) mass is 294 g/mol. The third kappa shape index (κ3) is 1.85. The van der Waals surface area contributed by atoms with E-state index in [0.717, 1.165) is 11.0 Å². The second kappa shape index (κ2) is 4.68. The molecular weight excluding hydrogens is 280 g/mol. The molecule has 0 saturated carbocycles. The summed E-state index contributed by atoms with van der Waals surface area (Å²) in [6.45, 7) is 0. The van der Waals surface area contributed by atoms with E-state index in [1.807, 2.05) is 0 Å². The van der Waals surface area contributed by atoms with Crippen LogP contribution in [0.4, 0.5) is 0 Å². The minimum Gasteiger partial charge on any atom is -0.345 e. The van der Waals surface area contributed by atoms with Crippen molar-refractivity contribution in [1.82, 2.24) is 9.97 Å². The predicted molar refractivity (Wildman–Crippen MR) is 96.5 cm³/mol. The van der Waals surface area contributed by atoms with Gasteiger partial charge in [0.2, 0.25) is 0 Å². The lowest BCUT2D eigenvalue weighted by atomic mass is 9.92. The van der Waals surface area contributed by atoms with E-state index in [4.69, 9.17) is 0 Å². The van der Waals surface area contributed by atoms with Crippen molar-refractivity contribution in [2.45, 2.75) is 0 Å². The number of H-pyrrole nitrogens is 1. The molecule has 0 unspecified atom stereocenters. The van der Waals surface area contributed by atoms with Crippen LogP contribution in [-0.4, -0.2) is 9.97 Å². The molecule has 0 radical (unpaired) electrons. The van der Waals surface area contributed by atoms with E-state index in [2.05, 4.69) is 82.8 Å². The summed E-state index contributed by atoms with van der Waals surface area (Å²) in [4.78, 5) is 7.54. The average Bonchev–Trinajstić information content (AvgIpc) is 3.07. The first-order valence-electron chi connectivity index (χ1n) is 7.74. The highest BCUT2D eigenvalue weighted by atomic mass is 14.9. The number of aromatic nitrogens is 2. The standard InChI is InChI=1S/C21H14N2/c1-3-7-17-14(5-1)11-15-6-2-4-8-18(15)21(17)16-9-10-19-20(12-16)23-13-22-19/h1-13H,(H,22,23). The van der Waals surface area contributed by atoms with E-state index in [1.165, 1.54) is 32.7 Å². The third-order valence-electron chi connectivity index (χ3n) is 4.48. The van der Waals surface area contributed by atoms with Gasteiger partial charge in [-0.3, -0.25) is 0 Å². The topological polar surface area (TPSA) is 28.7 Å². The van der Waals surface area contributed by atoms with Gasteiger partial charge in [0.05, 0.1) is 17.4 Å². The summed E-state index contributed by atoms with van der Waals surface area (Å²) in [5.41, 5.74) is 4.57. The first kappa shape index (κ1) is 12.4. The molecule has 0 atom stereocenters. The first-order chi connectivity index (χ1) is 11.4. The molecule has 23 heavy (non-hydrogen) atoms. The molecule has 1 aromatic heterocycles. The van der Waals surface area contributed by atoms with Crippen molar-refractivity contribution in [2.75, 3.05) is 0 Å². The lowest BCUT2D eigenvalue weighted by molar-refractivity contribution is 1.34. The maximum Gasteiger partial charge on any atom is 0.0931 e. The van der Waals surface area contributed by atoms with Crippen molar-refractivity contribution in [3.63, 3.8) is 0 Å². The summed E-state index contributed by atoms with van der Waals surface area (Å²) in [5.74, 6) is 0. The van der Waals surface area contributed by atoms with E-state index in [0.29, 0.717) is 0 Å². The van der Waals surface area contributed by atoms with Gasteiger partial charge < -0.3 is 4.98 Å². The minimum atomic E-state index is 0.998. The number of rotatable bonds is 1. The number of nitrogens with zero attached hydrogens (tertiary/aromatic N) is 1. The summed E-state index contributed by atoms with van der Waals surface area (Å²) in [5, 5.41) is 5.10. The Balaban J connectivity index is 1.97. The SMILES string of the molecule is c1ccc2c(-c3ccc4nc[nH]c4c3)c3ccccc3cc2c1. The number of hydrogen-bond donors (Lipinski definition) is 1. The van der Waals surface area contributed by atoms with Crippen molar-refractivity contribution in [2.24, 2.45) is 0 Å². The van der Waals surface area contributed by atoms with E-state index in [1.54, 1.807) is 6.33 Å². The van der Waals surface area contributed by atoms with Crippen LogP contribution in [0, 0.1) is 0 Å². The molecule has 5 rings (SSSR count).